The van der Waals surface area contributed by atoms with E-state index in [0.29, 0.717) is 5.71 Å². The Hall–Kier alpha value is -2.93. The van der Waals surface area contributed by atoms with Crippen LogP contribution in [0.3, 0.4) is 0 Å². The summed E-state index contributed by atoms with van der Waals surface area (Å²) in [6, 6.07) is 17.1. The van der Waals surface area contributed by atoms with E-state index in [-0.39, 0.29) is 5.92 Å². The van der Waals surface area contributed by atoms with Crippen LogP contribution >= 0.6 is 0 Å². The number of rotatable bonds is 3. The normalized spacial score (nSPS) is 16.0. The van der Waals surface area contributed by atoms with Crippen LogP contribution in [0, 0.1) is 26.2 Å². The molecule has 1 aliphatic rings. The lowest BCUT2D eigenvalue weighted by molar-refractivity contribution is 1.01. The highest BCUT2D eigenvalue weighted by atomic mass is 14.4. The van der Waals surface area contributed by atoms with Gasteiger partial charge in [0.1, 0.15) is 0 Å². The topological polar surface area (TPSA) is 23.9 Å². The molecule has 0 saturated heterocycles. The Labute approximate surface area is 161 Å². The molecule has 1 nitrogen and oxygen atoms in total. The fraction of sp³-hybridized carbons (Fsp3) is 0.192. The molecule has 0 bridgehead atoms. The average molecular weight is 351 g/mol. The largest absolute Gasteiger partial charge is 0.300 e. The van der Waals surface area contributed by atoms with Crippen molar-refractivity contribution in [2.75, 3.05) is 0 Å². The second kappa shape index (κ2) is 6.66. The minimum absolute atomic E-state index is 0.247. The molecule has 0 aromatic heterocycles. The minimum atomic E-state index is 0.247. The van der Waals surface area contributed by atoms with Crippen molar-refractivity contribution in [2.45, 2.75) is 33.6 Å². The summed E-state index contributed by atoms with van der Waals surface area (Å²) in [5.41, 5.74) is 9.01. The van der Waals surface area contributed by atoms with Crippen molar-refractivity contribution in [1.29, 1.82) is 5.41 Å². The highest BCUT2D eigenvalue weighted by Gasteiger charge is 2.22. The van der Waals surface area contributed by atoms with Crippen LogP contribution in [0.25, 0.3) is 10.8 Å². The maximum Gasteiger partial charge on any atom is 0.0696 e. The molecule has 1 atom stereocenters. The number of allylic oxidation sites excluding steroid dienone is 4. The Bertz CT molecular complexity index is 1130. The monoisotopic (exact) mass is 351 g/mol. The summed E-state index contributed by atoms with van der Waals surface area (Å²) in [7, 11) is 0. The molecule has 27 heavy (non-hydrogen) atoms. The van der Waals surface area contributed by atoms with Gasteiger partial charge in [-0.25, -0.2) is 0 Å². The maximum atomic E-state index is 9.19. The summed E-state index contributed by atoms with van der Waals surface area (Å²) in [5, 5.41) is 11.5. The molecule has 4 rings (SSSR count). The molecule has 1 N–H and O–H groups in total. The van der Waals surface area contributed by atoms with Gasteiger partial charge < -0.3 is 0 Å². The van der Waals surface area contributed by atoms with Gasteiger partial charge in [0.2, 0.25) is 0 Å². The van der Waals surface area contributed by atoms with E-state index >= 15 is 0 Å². The van der Waals surface area contributed by atoms with Crippen LogP contribution < -0.4 is 0 Å². The number of nitrogens with one attached hydrogen (secondary N) is 1. The van der Waals surface area contributed by atoms with Crippen molar-refractivity contribution in [2.24, 2.45) is 0 Å². The van der Waals surface area contributed by atoms with Crippen molar-refractivity contribution in [3.05, 3.63) is 106 Å². The zero-order chi connectivity index (χ0) is 19.1. The first kappa shape index (κ1) is 17.5. The van der Waals surface area contributed by atoms with Gasteiger partial charge in [0, 0.05) is 17.0 Å². The predicted molar refractivity (Wildman–Crippen MR) is 116 cm³/mol. The fourth-order valence-corrected chi connectivity index (χ4v) is 4.11. The Morgan fingerprint density at radius 2 is 1.63 bits per heavy atom. The van der Waals surface area contributed by atoms with E-state index in [1.807, 2.05) is 0 Å². The summed E-state index contributed by atoms with van der Waals surface area (Å²) >= 11 is 0. The third-order valence-corrected chi connectivity index (χ3v) is 6.03. The van der Waals surface area contributed by atoms with Crippen molar-refractivity contribution in [3.63, 3.8) is 0 Å². The SMILES string of the molecule is CC1=CC=CC1c1ccc2ccccc2c1C(=N)c1ccc(C)c(C)c1C. The Morgan fingerprint density at radius 3 is 2.37 bits per heavy atom. The van der Waals surface area contributed by atoms with Gasteiger partial charge in [-0.3, -0.25) is 5.41 Å². The number of hydrogen-bond donors (Lipinski definition) is 1. The quantitative estimate of drug-likeness (QED) is 0.503. The van der Waals surface area contributed by atoms with Crippen molar-refractivity contribution < 1.29 is 0 Å². The average Bonchev–Trinajstić information content (AvgIpc) is 3.10. The van der Waals surface area contributed by atoms with Gasteiger partial charge in [0.05, 0.1) is 5.71 Å². The van der Waals surface area contributed by atoms with Crippen molar-refractivity contribution in [3.8, 4) is 0 Å². The van der Waals surface area contributed by atoms with Gasteiger partial charge >= 0.3 is 0 Å². The molecule has 1 aliphatic carbocycles. The fourth-order valence-electron chi connectivity index (χ4n) is 4.11. The Kier molecular flexibility index (Phi) is 4.31. The second-order valence-corrected chi connectivity index (χ2v) is 7.58. The Balaban J connectivity index is 1.99. The van der Waals surface area contributed by atoms with Crippen LogP contribution in [-0.2, 0) is 0 Å². The molecule has 1 heteroatoms. The maximum absolute atomic E-state index is 9.19. The molecule has 0 heterocycles. The van der Waals surface area contributed by atoms with Crippen molar-refractivity contribution in [1.82, 2.24) is 0 Å². The smallest absolute Gasteiger partial charge is 0.0696 e. The van der Waals surface area contributed by atoms with E-state index in [0.717, 1.165) is 16.5 Å². The molecule has 0 aliphatic heterocycles. The van der Waals surface area contributed by atoms with E-state index in [9.17, 15) is 5.41 Å². The molecule has 0 saturated carbocycles. The highest BCUT2D eigenvalue weighted by molar-refractivity contribution is 6.19. The highest BCUT2D eigenvalue weighted by Crippen LogP contribution is 2.37. The molecule has 0 amide bonds. The van der Waals surface area contributed by atoms with Gasteiger partial charge in [-0.1, -0.05) is 72.3 Å². The van der Waals surface area contributed by atoms with Gasteiger partial charge in [0.25, 0.3) is 0 Å². The first-order valence-corrected chi connectivity index (χ1v) is 9.51. The van der Waals surface area contributed by atoms with Crippen LogP contribution in [0.4, 0.5) is 0 Å². The molecule has 134 valence electrons. The molecule has 1 unspecified atom stereocenters. The Morgan fingerprint density at radius 1 is 0.852 bits per heavy atom. The molecule has 0 fully saturated rings. The first-order valence-electron chi connectivity index (χ1n) is 9.51. The number of hydrogen-bond acceptors (Lipinski definition) is 1. The molecule has 0 radical (unpaired) electrons. The van der Waals surface area contributed by atoms with Gasteiger partial charge in [-0.05, 0) is 60.7 Å². The van der Waals surface area contributed by atoms with E-state index in [4.69, 9.17) is 0 Å². The predicted octanol–water partition coefficient (Wildman–Crippen LogP) is 6.78. The van der Waals surface area contributed by atoms with Crippen LogP contribution in [0.5, 0.6) is 0 Å². The number of aryl methyl sites for hydroxylation is 1. The van der Waals surface area contributed by atoms with E-state index in [1.54, 1.807) is 0 Å². The van der Waals surface area contributed by atoms with E-state index in [1.165, 1.54) is 33.2 Å². The third kappa shape index (κ3) is 2.84. The van der Waals surface area contributed by atoms with Gasteiger partial charge in [-0.2, -0.15) is 0 Å². The number of benzene rings is 3. The summed E-state index contributed by atoms with van der Waals surface area (Å²) < 4.78 is 0. The van der Waals surface area contributed by atoms with Crippen molar-refractivity contribution >= 4 is 16.5 Å². The zero-order valence-electron chi connectivity index (χ0n) is 16.4. The van der Waals surface area contributed by atoms with E-state index in [2.05, 4.69) is 94.5 Å². The van der Waals surface area contributed by atoms with Crippen LogP contribution in [0.2, 0.25) is 0 Å². The summed E-state index contributed by atoms with van der Waals surface area (Å²) in [5.74, 6) is 0.247. The lowest BCUT2D eigenvalue weighted by Crippen LogP contribution is -2.11. The number of fused-ring (bicyclic) bond motifs is 1. The standard InChI is InChI=1S/C26H25N/c1-16-12-14-22(19(4)18(16)3)26(27)25-23-10-6-5-9-20(23)13-15-24(25)21-11-7-8-17(21)2/h5-15,21,27H,1-4H3. The van der Waals surface area contributed by atoms with Crippen LogP contribution in [0.1, 0.15) is 46.2 Å². The minimum Gasteiger partial charge on any atom is -0.300 e. The second-order valence-electron chi connectivity index (χ2n) is 7.58. The van der Waals surface area contributed by atoms with Crippen LogP contribution in [0.15, 0.2) is 72.3 Å². The summed E-state index contributed by atoms with van der Waals surface area (Å²) in [4.78, 5) is 0. The summed E-state index contributed by atoms with van der Waals surface area (Å²) in [6.45, 7) is 8.60. The summed E-state index contributed by atoms with van der Waals surface area (Å²) in [6.07, 6.45) is 6.54. The zero-order valence-corrected chi connectivity index (χ0v) is 16.4. The molecule has 3 aromatic carbocycles. The van der Waals surface area contributed by atoms with E-state index < -0.39 is 0 Å². The third-order valence-electron chi connectivity index (χ3n) is 6.03. The molecule has 0 spiro atoms. The molecular weight excluding hydrogens is 326 g/mol. The molecule has 3 aromatic rings. The first-order chi connectivity index (χ1) is 13.0. The van der Waals surface area contributed by atoms with Gasteiger partial charge in [0.15, 0.2) is 0 Å². The lowest BCUT2D eigenvalue weighted by atomic mass is 9.83. The van der Waals surface area contributed by atoms with Gasteiger partial charge in [-0.15, -0.1) is 0 Å². The lowest BCUT2D eigenvalue weighted by Gasteiger charge is -2.21. The molecular formula is C26H25N. The van der Waals surface area contributed by atoms with Crippen LogP contribution in [-0.4, -0.2) is 5.71 Å².